The second-order valence-electron chi connectivity index (χ2n) is 5.94. The Morgan fingerprint density at radius 1 is 1.08 bits per heavy atom. The van der Waals surface area contributed by atoms with Gasteiger partial charge >= 0.3 is 0 Å². The Morgan fingerprint density at radius 3 is 2.50 bits per heavy atom. The number of hydrogen-bond donors (Lipinski definition) is 2. The molecule has 0 bridgehead atoms. The molecule has 136 valence electrons. The minimum Gasteiger partial charge on any atom is -0.497 e. The fourth-order valence-electron chi connectivity index (χ4n) is 2.34. The Balaban J connectivity index is 1.75. The number of amides is 2. The zero-order valence-corrected chi connectivity index (χ0v) is 15.3. The van der Waals surface area contributed by atoms with Crippen LogP contribution in [-0.2, 0) is 9.59 Å². The van der Waals surface area contributed by atoms with Crippen molar-refractivity contribution < 1.29 is 14.3 Å². The molecule has 0 heterocycles. The second-order valence-corrected chi connectivity index (χ2v) is 5.94. The van der Waals surface area contributed by atoms with Gasteiger partial charge in [0.1, 0.15) is 5.75 Å². The Bertz CT molecular complexity index is 795. The van der Waals surface area contributed by atoms with E-state index in [1.165, 1.54) is 6.08 Å². The summed E-state index contributed by atoms with van der Waals surface area (Å²) in [6, 6.07) is 13.2. The van der Waals surface area contributed by atoms with Crippen LogP contribution >= 0.6 is 0 Å². The average molecular weight is 352 g/mol. The lowest BCUT2D eigenvalue weighted by Gasteiger charge is -2.10. The van der Waals surface area contributed by atoms with Crippen molar-refractivity contribution in [1.29, 1.82) is 0 Å². The van der Waals surface area contributed by atoms with Crippen LogP contribution in [0.2, 0.25) is 0 Å². The van der Waals surface area contributed by atoms with E-state index in [-0.39, 0.29) is 24.8 Å². The molecule has 2 aromatic carbocycles. The van der Waals surface area contributed by atoms with Crippen LogP contribution in [0.1, 0.15) is 23.1 Å². The van der Waals surface area contributed by atoms with Gasteiger partial charge in [0.2, 0.25) is 11.8 Å². The summed E-state index contributed by atoms with van der Waals surface area (Å²) in [4.78, 5) is 23.8. The summed E-state index contributed by atoms with van der Waals surface area (Å²) in [5, 5.41) is 5.58. The van der Waals surface area contributed by atoms with Gasteiger partial charge in [0.05, 0.1) is 7.11 Å². The van der Waals surface area contributed by atoms with Crippen molar-refractivity contribution in [3.05, 3.63) is 65.2 Å². The Labute approximate surface area is 154 Å². The normalized spacial score (nSPS) is 10.6. The molecule has 0 aliphatic carbocycles. The highest BCUT2D eigenvalue weighted by atomic mass is 16.5. The standard InChI is InChI=1S/C21H24N2O3/c1-15-5-4-6-19(16(15)2)23-21(25)13-14-22-20(24)12-9-17-7-10-18(26-3)11-8-17/h4-12H,13-14H2,1-3H3,(H,22,24)(H,23,25)/b12-9+. The summed E-state index contributed by atoms with van der Waals surface area (Å²) in [5.74, 6) is 0.403. The van der Waals surface area contributed by atoms with Gasteiger partial charge in [-0.05, 0) is 54.8 Å². The molecule has 0 aromatic heterocycles. The molecule has 0 radical (unpaired) electrons. The number of anilines is 1. The second kappa shape index (κ2) is 9.42. The number of methoxy groups -OCH3 is 1. The van der Waals surface area contributed by atoms with Crippen molar-refractivity contribution in [3.63, 3.8) is 0 Å². The molecule has 0 fully saturated rings. The third kappa shape index (κ3) is 5.77. The molecule has 2 N–H and O–H groups in total. The van der Waals surface area contributed by atoms with Crippen LogP contribution in [0.4, 0.5) is 5.69 Å². The summed E-state index contributed by atoms with van der Waals surface area (Å²) in [6.07, 6.45) is 3.38. The molecule has 0 aliphatic rings. The maximum Gasteiger partial charge on any atom is 0.244 e. The van der Waals surface area contributed by atoms with Gasteiger partial charge in [-0.2, -0.15) is 0 Å². The first-order valence-corrected chi connectivity index (χ1v) is 8.45. The van der Waals surface area contributed by atoms with Crippen molar-refractivity contribution in [2.75, 3.05) is 19.0 Å². The molecule has 5 nitrogen and oxygen atoms in total. The zero-order valence-electron chi connectivity index (χ0n) is 15.3. The van der Waals surface area contributed by atoms with E-state index >= 15 is 0 Å². The van der Waals surface area contributed by atoms with E-state index in [1.54, 1.807) is 13.2 Å². The molecule has 0 atom stereocenters. The summed E-state index contributed by atoms with van der Waals surface area (Å²) in [7, 11) is 1.61. The maximum atomic E-state index is 12.0. The smallest absolute Gasteiger partial charge is 0.244 e. The number of aryl methyl sites for hydroxylation is 1. The Kier molecular flexibility index (Phi) is 6.97. The molecule has 2 rings (SSSR count). The number of carbonyl (C=O) groups is 2. The van der Waals surface area contributed by atoms with E-state index in [2.05, 4.69) is 10.6 Å². The number of hydrogen-bond acceptors (Lipinski definition) is 3. The molecular formula is C21H24N2O3. The fraction of sp³-hybridized carbons (Fsp3) is 0.238. The lowest BCUT2D eigenvalue weighted by Crippen LogP contribution is -2.26. The fourth-order valence-corrected chi connectivity index (χ4v) is 2.34. The lowest BCUT2D eigenvalue weighted by molar-refractivity contribution is -0.117. The molecule has 0 unspecified atom stereocenters. The van der Waals surface area contributed by atoms with Crippen molar-refractivity contribution >= 4 is 23.6 Å². The number of nitrogens with one attached hydrogen (secondary N) is 2. The van der Waals surface area contributed by atoms with Crippen LogP contribution in [0.3, 0.4) is 0 Å². The van der Waals surface area contributed by atoms with Crippen LogP contribution in [0, 0.1) is 13.8 Å². The van der Waals surface area contributed by atoms with Crippen molar-refractivity contribution in [2.24, 2.45) is 0 Å². The van der Waals surface area contributed by atoms with Gasteiger partial charge in [0.15, 0.2) is 0 Å². The minimum atomic E-state index is -0.236. The number of benzene rings is 2. The summed E-state index contributed by atoms with van der Waals surface area (Å²) in [6.45, 7) is 4.25. The van der Waals surface area contributed by atoms with Crippen molar-refractivity contribution in [2.45, 2.75) is 20.3 Å². The summed E-state index contributed by atoms with van der Waals surface area (Å²) < 4.78 is 5.09. The number of ether oxygens (including phenoxy) is 1. The van der Waals surface area contributed by atoms with Crippen LogP contribution in [0.15, 0.2) is 48.5 Å². The van der Waals surface area contributed by atoms with Gasteiger partial charge < -0.3 is 15.4 Å². The third-order valence-corrected chi connectivity index (χ3v) is 4.07. The lowest BCUT2D eigenvalue weighted by atomic mass is 10.1. The molecular weight excluding hydrogens is 328 g/mol. The van der Waals surface area contributed by atoms with Crippen LogP contribution in [0.25, 0.3) is 6.08 Å². The topological polar surface area (TPSA) is 67.4 Å². The molecule has 2 aromatic rings. The predicted octanol–water partition coefficient (Wildman–Crippen LogP) is 3.47. The van der Waals surface area contributed by atoms with Crippen molar-refractivity contribution in [1.82, 2.24) is 5.32 Å². The van der Waals surface area contributed by atoms with Gasteiger partial charge in [-0.3, -0.25) is 9.59 Å². The Hall–Kier alpha value is -3.08. The summed E-state index contributed by atoms with van der Waals surface area (Å²) in [5.41, 5.74) is 3.88. The SMILES string of the molecule is COc1ccc(/C=C/C(=O)NCCC(=O)Nc2cccc(C)c2C)cc1. The average Bonchev–Trinajstić information content (AvgIpc) is 2.64. The van der Waals surface area contributed by atoms with E-state index in [4.69, 9.17) is 4.74 Å². The summed E-state index contributed by atoms with van der Waals surface area (Å²) >= 11 is 0. The highest BCUT2D eigenvalue weighted by molar-refractivity contribution is 5.94. The van der Waals surface area contributed by atoms with E-state index < -0.39 is 0 Å². The van der Waals surface area contributed by atoms with Gasteiger partial charge in [-0.1, -0.05) is 24.3 Å². The largest absolute Gasteiger partial charge is 0.497 e. The first-order chi connectivity index (χ1) is 12.5. The van der Waals surface area contributed by atoms with E-state index in [0.717, 1.165) is 28.1 Å². The third-order valence-electron chi connectivity index (χ3n) is 4.07. The monoisotopic (exact) mass is 352 g/mol. The highest BCUT2D eigenvalue weighted by Gasteiger charge is 2.06. The first kappa shape index (κ1) is 19.2. The number of carbonyl (C=O) groups excluding carboxylic acids is 2. The molecule has 2 amide bonds. The van der Waals surface area contributed by atoms with E-state index in [9.17, 15) is 9.59 Å². The predicted molar refractivity (Wildman–Crippen MR) is 104 cm³/mol. The van der Waals surface area contributed by atoms with Crippen LogP contribution in [-0.4, -0.2) is 25.5 Å². The minimum absolute atomic E-state index is 0.127. The van der Waals surface area contributed by atoms with Gasteiger partial charge in [-0.15, -0.1) is 0 Å². The van der Waals surface area contributed by atoms with Gasteiger partial charge in [-0.25, -0.2) is 0 Å². The first-order valence-electron chi connectivity index (χ1n) is 8.45. The van der Waals surface area contributed by atoms with Crippen LogP contribution in [0.5, 0.6) is 5.75 Å². The van der Waals surface area contributed by atoms with E-state index in [1.807, 2.05) is 56.3 Å². The zero-order chi connectivity index (χ0) is 18.9. The quantitative estimate of drug-likeness (QED) is 0.750. The van der Waals surface area contributed by atoms with Gasteiger partial charge in [0.25, 0.3) is 0 Å². The van der Waals surface area contributed by atoms with Crippen LogP contribution < -0.4 is 15.4 Å². The molecule has 0 spiro atoms. The highest BCUT2D eigenvalue weighted by Crippen LogP contribution is 2.18. The Morgan fingerprint density at radius 2 is 1.81 bits per heavy atom. The molecule has 26 heavy (non-hydrogen) atoms. The van der Waals surface area contributed by atoms with E-state index in [0.29, 0.717) is 0 Å². The van der Waals surface area contributed by atoms with Crippen molar-refractivity contribution in [3.8, 4) is 5.75 Å². The molecule has 0 saturated carbocycles. The molecule has 5 heteroatoms. The van der Waals surface area contributed by atoms with Gasteiger partial charge in [0, 0.05) is 24.7 Å². The molecule has 0 saturated heterocycles. The molecule has 0 aliphatic heterocycles. The maximum absolute atomic E-state index is 12.0. The number of rotatable bonds is 7.